The Bertz CT molecular complexity index is 309. The number of carbonyl (C=O) groups excluding carboxylic acids is 1. The summed E-state index contributed by atoms with van der Waals surface area (Å²) in [7, 11) is 3.24. The molecule has 1 atom stereocenters. The summed E-state index contributed by atoms with van der Waals surface area (Å²) >= 11 is 0. The van der Waals surface area contributed by atoms with Crippen LogP contribution in [0.15, 0.2) is 0 Å². The highest BCUT2D eigenvalue weighted by molar-refractivity contribution is 5.79. The van der Waals surface area contributed by atoms with Gasteiger partial charge in [-0.2, -0.15) is 0 Å². The van der Waals surface area contributed by atoms with Gasteiger partial charge in [-0.25, -0.2) is 4.79 Å². The molecule has 1 N–H and O–H groups in total. The monoisotopic (exact) mass is 257 g/mol. The predicted molar refractivity (Wildman–Crippen MR) is 68.6 cm³/mol. The van der Waals surface area contributed by atoms with E-state index in [4.69, 9.17) is 5.11 Å². The van der Waals surface area contributed by atoms with E-state index in [9.17, 15) is 9.59 Å². The molecule has 0 radical (unpaired) electrons. The maximum Gasteiger partial charge on any atom is 0.323 e. The molecule has 104 valence electrons. The molecule has 0 aromatic rings. The number of carboxylic acids is 1. The summed E-state index contributed by atoms with van der Waals surface area (Å²) in [5, 5.41) is 8.66. The molecule has 0 spiro atoms. The lowest BCUT2D eigenvalue weighted by Gasteiger charge is -2.30. The van der Waals surface area contributed by atoms with Crippen molar-refractivity contribution < 1.29 is 14.7 Å². The number of aliphatic carboxylic acids is 1. The maximum atomic E-state index is 11.9. The molecule has 1 aliphatic heterocycles. The van der Waals surface area contributed by atoms with Crippen molar-refractivity contribution in [1.29, 1.82) is 0 Å². The van der Waals surface area contributed by atoms with E-state index in [1.165, 1.54) is 18.4 Å². The summed E-state index contributed by atoms with van der Waals surface area (Å²) < 4.78 is 0. The Morgan fingerprint density at radius 2 is 2.00 bits per heavy atom. The topological polar surface area (TPSA) is 64.1 Å². The molecule has 0 bridgehead atoms. The van der Waals surface area contributed by atoms with Gasteiger partial charge in [-0.05, 0) is 25.9 Å². The molecule has 0 aromatic heterocycles. The Balaban J connectivity index is 2.46. The van der Waals surface area contributed by atoms with Crippen LogP contribution in [0.3, 0.4) is 0 Å². The fraction of sp³-hybridized carbons (Fsp3) is 0.833. The molecule has 1 rings (SSSR count). The first-order chi connectivity index (χ1) is 8.45. The Hall–Kier alpha value is -1.30. The molecule has 1 heterocycles. The first kappa shape index (κ1) is 14.8. The molecular formula is C12H23N3O3. The number of nitrogens with zero attached hydrogens (tertiary/aromatic N) is 3. The average Bonchev–Trinajstić information content (AvgIpc) is 2.74. The molecule has 1 saturated heterocycles. The standard InChI is InChI=1S/C12H23N3O3/c1-4-15-7-5-6-10(15)8-13(2)12(18)14(3)9-11(16)17/h10H,4-9H2,1-3H3,(H,16,17). The first-order valence-electron chi connectivity index (χ1n) is 6.37. The molecule has 6 nitrogen and oxygen atoms in total. The van der Waals surface area contributed by atoms with Gasteiger partial charge in [-0.1, -0.05) is 6.92 Å². The minimum absolute atomic E-state index is 0.236. The van der Waals surface area contributed by atoms with Crippen molar-refractivity contribution in [3.8, 4) is 0 Å². The van der Waals surface area contributed by atoms with Gasteiger partial charge in [-0.3, -0.25) is 9.69 Å². The Morgan fingerprint density at radius 1 is 1.33 bits per heavy atom. The molecule has 0 aromatic carbocycles. The molecule has 1 fully saturated rings. The summed E-state index contributed by atoms with van der Waals surface area (Å²) in [4.78, 5) is 27.7. The van der Waals surface area contributed by atoms with Crippen LogP contribution in [-0.2, 0) is 4.79 Å². The first-order valence-corrected chi connectivity index (χ1v) is 6.37. The Kier molecular flexibility index (Phi) is 5.40. The Morgan fingerprint density at radius 3 is 2.56 bits per heavy atom. The van der Waals surface area contributed by atoms with Crippen LogP contribution in [0, 0.1) is 0 Å². The number of likely N-dealkylation sites (N-methyl/N-ethyl adjacent to an activating group) is 3. The summed E-state index contributed by atoms with van der Waals surface area (Å²) in [6.07, 6.45) is 2.28. The van der Waals surface area contributed by atoms with Crippen LogP contribution in [0.25, 0.3) is 0 Å². The van der Waals surface area contributed by atoms with Crippen LogP contribution >= 0.6 is 0 Å². The number of carbonyl (C=O) groups is 2. The summed E-state index contributed by atoms with van der Waals surface area (Å²) in [5.74, 6) is -0.990. The molecule has 0 aliphatic carbocycles. The largest absolute Gasteiger partial charge is 0.480 e. The zero-order chi connectivity index (χ0) is 13.7. The molecular weight excluding hydrogens is 234 g/mol. The van der Waals surface area contributed by atoms with Crippen molar-refractivity contribution in [1.82, 2.24) is 14.7 Å². The van der Waals surface area contributed by atoms with Gasteiger partial charge in [0, 0.05) is 26.7 Å². The van der Waals surface area contributed by atoms with Crippen molar-refractivity contribution in [2.75, 3.05) is 40.3 Å². The van der Waals surface area contributed by atoms with Crippen LogP contribution in [0.1, 0.15) is 19.8 Å². The SMILES string of the molecule is CCN1CCCC1CN(C)C(=O)N(C)CC(=O)O. The van der Waals surface area contributed by atoms with E-state index in [1.54, 1.807) is 11.9 Å². The average molecular weight is 257 g/mol. The van der Waals surface area contributed by atoms with Gasteiger partial charge in [0.15, 0.2) is 0 Å². The van der Waals surface area contributed by atoms with E-state index in [0.717, 1.165) is 19.5 Å². The summed E-state index contributed by atoms with van der Waals surface area (Å²) in [6.45, 7) is 4.62. The third-order valence-electron chi connectivity index (χ3n) is 3.42. The highest BCUT2D eigenvalue weighted by atomic mass is 16.4. The van der Waals surface area contributed by atoms with E-state index in [-0.39, 0.29) is 12.6 Å². The lowest BCUT2D eigenvalue weighted by atomic mass is 10.2. The van der Waals surface area contributed by atoms with E-state index < -0.39 is 5.97 Å². The molecule has 6 heteroatoms. The van der Waals surface area contributed by atoms with Gasteiger partial charge in [0.2, 0.25) is 0 Å². The van der Waals surface area contributed by atoms with Gasteiger partial charge in [-0.15, -0.1) is 0 Å². The highest BCUT2D eigenvalue weighted by Crippen LogP contribution is 2.17. The van der Waals surface area contributed by atoms with Crippen LogP contribution in [0.5, 0.6) is 0 Å². The zero-order valence-corrected chi connectivity index (χ0v) is 11.4. The second-order valence-corrected chi connectivity index (χ2v) is 4.84. The smallest absolute Gasteiger partial charge is 0.323 e. The third kappa shape index (κ3) is 3.87. The predicted octanol–water partition coefficient (Wildman–Crippen LogP) is 0.539. The maximum absolute atomic E-state index is 11.9. The molecule has 1 unspecified atom stereocenters. The van der Waals surface area contributed by atoms with Gasteiger partial charge in [0.05, 0.1) is 0 Å². The minimum Gasteiger partial charge on any atom is -0.480 e. The highest BCUT2D eigenvalue weighted by Gasteiger charge is 2.26. The Labute approximate surface area is 108 Å². The number of urea groups is 1. The third-order valence-corrected chi connectivity index (χ3v) is 3.42. The number of amides is 2. The molecule has 0 saturated carbocycles. The summed E-state index contributed by atoms with van der Waals surface area (Å²) in [6, 6.07) is 0.169. The van der Waals surface area contributed by atoms with Crippen molar-refractivity contribution >= 4 is 12.0 Å². The van der Waals surface area contributed by atoms with Crippen LogP contribution < -0.4 is 0 Å². The number of hydrogen-bond acceptors (Lipinski definition) is 3. The van der Waals surface area contributed by atoms with E-state index >= 15 is 0 Å². The lowest BCUT2D eigenvalue weighted by molar-refractivity contribution is -0.137. The van der Waals surface area contributed by atoms with E-state index in [0.29, 0.717) is 12.6 Å². The fourth-order valence-corrected chi connectivity index (χ4v) is 2.47. The second-order valence-electron chi connectivity index (χ2n) is 4.84. The number of rotatable bonds is 5. The summed E-state index contributed by atoms with van der Waals surface area (Å²) in [5.41, 5.74) is 0. The van der Waals surface area contributed by atoms with E-state index in [1.807, 2.05) is 0 Å². The van der Waals surface area contributed by atoms with Gasteiger partial charge in [0.1, 0.15) is 6.54 Å². The minimum atomic E-state index is -0.990. The van der Waals surface area contributed by atoms with Crippen LogP contribution in [0.2, 0.25) is 0 Å². The number of likely N-dealkylation sites (tertiary alicyclic amines) is 1. The van der Waals surface area contributed by atoms with Crippen molar-refractivity contribution in [2.24, 2.45) is 0 Å². The molecule has 18 heavy (non-hydrogen) atoms. The molecule has 2 amide bonds. The van der Waals surface area contributed by atoms with Crippen molar-refractivity contribution in [3.63, 3.8) is 0 Å². The van der Waals surface area contributed by atoms with Crippen LogP contribution in [-0.4, -0.2) is 78.1 Å². The van der Waals surface area contributed by atoms with E-state index in [2.05, 4.69) is 11.8 Å². The fourth-order valence-electron chi connectivity index (χ4n) is 2.47. The van der Waals surface area contributed by atoms with Gasteiger partial charge in [0.25, 0.3) is 0 Å². The number of carboxylic acid groups (broad SMARTS) is 1. The van der Waals surface area contributed by atoms with Gasteiger partial charge >= 0.3 is 12.0 Å². The lowest BCUT2D eigenvalue weighted by Crippen LogP contribution is -2.46. The molecule has 1 aliphatic rings. The van der Waals surface area contributed by atoms with Crippen molar-refractivity contribution in [2.45, 2.75) is 25.8 Å². The number of hydrogen-bond donors (Lipinski definition) is 1. The van der Waals surface area contributed by atoms with Crippen molar-refractivity contribution in [3.05, 3.63) is 0 Å². The van der Waals surface area contributed by atoms with Gasteiger partial charge < -0.3 is 14.9 Å². The quantitative estimate of drug-likeness (QED) is 0.780. The second kappa shape index (κ2) is 6.58. The van der Waals surface area contributed by atoms with Crippen LogP contribution in [0.4, 0.5) is 4.79 Å². The normalized spacial score (nSPS) is 19.8. The zero-order valence-electron chi connectivity index (χ0n) is 11.4.